The highest BCUT2D eigenvalue weighted by molar-refractivity contribution is 9.10. The van der Waals surface area contributed by atoms with Gasteiger partial charge in [-0.1, -0.05) is 105 Å². The van der Waals surface area contributed by atoms with E-state index in [9.17, 15) is 17.6 Å². The zero-order chi connectivity index (χ0) is 73.0. The Morgan fingerprint density at radius 2 is 0.781 bits per heavy atom. The summed E-state index contributed by atoms with van der Waals surface area (Å²) in [4.78, 5) is 0. The van der Waals surface area contributed by atoms with Crippen LogP contribution in [0.5, 0.6) is 46.0 Å². The first kappa shape index (κ1) is 84.8. The molecule has 9 rings (SSSR count). The van der Waals surface area contributed by atoms with Crippen molar-refractivity contribution in [3.63, 3.8) is 0 Å². The summed E-state index contributed by atoms with van der Waals surface area (Å²) in [5.41, 5.74) is 51.6. The summed E-state index contributed by atoms with van der Waals surface area (Å²) in [6.07, 6.45) is 0. The van der Waals surface area contributed by atoms with Crippen molar-refractivity contribution in [3.05, 3.63) is 224 Å². The molecule has 96 heavy (non-hydrogen) atoms. The Bertz CT molecular complexity index is 3590. The third kappa shape index (κ3) is 28.0. The van der Waals surface area contributed by atoms with Gasteiger partial charge in [-0.05, 0) is 183 Å². The van der Waals surface area contributed by atoms with Crippen LogP contribution in [0.15, 0.2) is 168 Å². The van der Waals surface area contributed by atoms with Crippen LogP contribution in [0.3, 0.4) is 0 Å². The van der Waals surface area contributed by atoms with E-state index in [0.717, 1.165) is 39.0 Å². The molecular weight excluding hydrogens is 1360 g/mol. The first-order valence-electron chi connectivity index (χ1n) is 29.4. The number of aryl methyl sites for hydroxylation is 1. The molecule has 522 valence electrons. The molecule has 0 radical (unpaired) electrons. The molecule has 0 fully saturated rings. The molecule has 0 amide bonds. The number of ether oxygens (including phenoxy) is 7. The topological polar surface area (TPSA) is 282 Å². The van der Waals surface area contributed by atoms with Crippen LogP contribution in [0.4, 0.5) is 63.1 Å². The maximum Gasteiger partial charge on any atom is 0.250 e. The number of nitrogen functional groups attached to an aromatic ring is 8. The minimum absolute atomic E-state index is 0.113. The molecule has 0 aromatic heterocycles. The highest BCUT2D eigenvalue weighted by Gasteiger charge is 2.39. The van der Waals surface area contributed by atoms with Crippen LogP contribution in [0.25, 0.3) is 0 Å². The van der Waals surface area contributed by atoms with Crippen molar-refractivity contribution in [2.45, 2.75) is 73.5 Å². The van der Waals surface area contributed by atoms with E-state index in [1.54, 1.807) is 96.0 Å². The molecule has 0 saturated carbocycles. The van der Waals surface area contributed by atoms with Crippen LogP contribution in [0.2, 0.25) is 28.2 Å². The van der Waals surface area contributed by atoms with Crippen molar-refractivity contribution in [3.8, 4) is 46.0 Å². The normalized spacial score (nSPS) is 9.99. The third-order valence-corrected chi connectivity index (χ3v) is 19.8. The summed E-state index contributed by atoms with van der Waals surface area (Å²) in [7, 11) is 7.62. The fourth-order valence-corrected chi connectivity index (χ4v) is 9.08. The number of hydrogen-bond donors (Lipinski definition) is 8. The standard InChI is InChI=1S/C14H24OSi.C8H10ClNO.C8H11NO2.C8H11NO.C7H8BrNO.C7H8ClNO.C7H8FNO.C7H8FN.C6H5F2N/c1-11-9-8-10-13(12(11)2)15-16(6,7)14(3,4)5;1-2-11-7-5-3-4-6(10)8(7)9;1-10-7-5-3-4-6(9)8(7)11-2;1-6-7(9)4-3-5-8(6)10-2;1-10-6-4-2-3-5(9)7(6)8;2*1-10-7-5(8)3-2-4-6(7)9;1-5-6(8)3-2-4-7(5)9;7-4-2-1-3-5(9)6(4)8/h8-10H,1-7H3;3-5H,2,10H2,1H3;3-5H,9H2,1-2H3;3-5H,9H2,1-2H3;3*2-4H,9H2,1H3;2-4H,9H2,1H3;1-3H,9H2. The molecule has 16 N–H and O–H groups in total. The molecule has 16 nitrogen and oxygen atoms in total. The lowest BCUT2D eigenvalue weighted by molar-refractivity contribution is 0.340. The lowest BCUT2D eigenvalue weighted by atomic mass is 10.1. The Morgan fingerprint density at radius 3 is 1.18 bits per heavy atom. The maximum absolute atomic E-state index is 12.6. The first-order valence-corrected chi connectivity index (χ1v) is 33.8. The summed E-state index contributed by atoms with van der Waals surface area (Å²) in [6, 6.07) is 46.2. The van der Waals surface area contributed by atoms with E-state index >= 15 is 0 Å². The van der Waals surface area contributed by atoms with Gasteiger partial charge in [-0.25, -0.2) is 17.6 Å². The molecule has 0 heterocycles. The number of anilines is 8. The van der Waals surface area contributed by atoms with Crippen molar-refractivity contribution >= 4 is 92.9 Å². The van der Waals surface area contributed by atoms with Crippen LogP contribution >= 0.6 is 39.1 Å². The van der Waals surface area contributed by atoms with Gasteiger partial charge in [0.15, 0.2) is 40.4 Å². The number of rotatable bonds is 10. The fourth-order valence-electron chi connectivity index (χ4n) is 7.13. The zero-order valence-electron chi connectivity index (χ0n) is 57.3. The first-order chi connectivity index (χ1) is 45.1. The molecular formula is C72H93BrCl2F4N8O8Si. The smallest absolute Gasteiger partial charge is 0.250 e. The van der Waals surface area contributed by atoms with E-state index in [-0.39, 0.29) is 22.3 Å². The molecule has 0 aliphatic heterocycles. The van der Waals surface area contributed by atoms with Crippen molar-refractivity contribution in [2.75, 3.05) is 95.1 Å². The second kappa shape index (κ2) is 43.0. The Morgan fingerprint density at radius 1 is 0.396 bits per heavy atom. The average molecular weight is 1450 g/mol. The monoisotopic (exact) mass is 1450 g/mol. The van der Waals surface area contributed by atoms with Gasteiger partial charge in [-0.2, -0.15) is 0 Å². The Balaban J connectivity index is 0.000000543. The zero-order valence-corrected chi connectivity index (χ0v) is 61.4. The van der Waals surface area contributed by atoms with E-state index in [0.29, 0.717) is 79.3 Å². The molecule has 24 heteroatoms. The SMILES string of the molecule is CCOc1cccc(N)c1Cl.COc1c(N)cccc1Cl.COc1c(N)cccc1F.COc1cccc(N)c1Br.COc1cccc(N)c1C.COc1cccc(N)c1OC.Cc1c(N)cccc1F.Cc1cccc(O[Si](C)(C)C(C)(C)C)c1C.Nc1cccc(F)c1F. The predicted molar refractivity (Wildman–Crippen MR) is 398 cm³/mol. The number of nitrogens with two attached hydrogens (primary N) is 8. The lowest BCUT2D eigenvalue weighted by Gasteiger charge is -2.37. The average Bonchev–Trinajstić information content (AvgIpc) is 0.842. The minimum Gasteiger partial charge on any atom is -0.543 e. The largest absolute Gasteiger partial charge is 0.543 e. The molecule has 0 unspecified atom stereocenters. The Kier molecular flexibility index (Phi) is 38.0. The Labute approximate surface area is 583 Å². The molecule has 0 atom stereocenters. The number of benzene rings is 9. The second-order valence-electron chi connectivity index (χ2n) is 21.6. The van der Waals surface area contributed by atoms with Crippen molar-refractivity contribution in [1.29, 1.82) is 0 Å². The minimum atomic E-state index is -1.70. The van der Waals surface area contributed by atoms with Gasteiger partial charge in [0.05, 0.1) is 87.2 Å². The summed E-state index contributed by atoms with van der Waals surface area (Å²) >= 11 is 14.8. The highest BCUT2D eigenvalue weighted by Crippen LogP contribution is 2.39. The molecule has 9 aromatic rings. The predicted octanol–water partition coefficient (Wildman–Crippen LogP) is 18.5. The van der Waals surface area contributed by atoms with E-state index in [2.05, 4.69) is 86.6 Å². The Hall–Kier alpha value is -9.22. The summed E-state index contributed by atoms with van der Waals surface area (Å²) < 4.78 is 91.5. The van der Waals surface area contributed by atoms with Gasteiger partial charge >= 0.3 is 0 Å². The van der Waals surface area contributed by atoms with Gasteiger partial charge in [-0.15, -0.1) is 0 Å². The molecule has 0 bridgehead atoms. The quantitative estimate of drug-likeness (QED) is 0.0359. The maximum atomic E-state index is 12.6. The van der Waals surface area contributed by atoms with Crippen molar-refractivity contribution in [2.24, 2.45) is 0 Å². The summed E-state index contributed by atoms with van der Waals surface area (Å²) in [5, 5.41) is 1.29. The van der Waals surface area contributed by atoms with Gasteiger partial charge in [-0.3, -0.25) is 0 Å². The van der Waals surface area contributed by atoms with Gasteiger partial charge in [0.1, 0.15) is 33.8 Å². The van der Waals surface area contributed by atoms with Crippen LogP contribution in [-0.2, 0) is 0 Å². The van der Waals surface area contributed by atoms with Crippen molar-refractivity contribution < 1.29 is 55.1 Å². The van der Waals surface area contributed by atoms with Crippen LogP contribution < -0.4 is 83.5 Å². The fraction of sp³-hybridized carbons (Fsp3) is 0.250. The van der Waals surface area contributed by atoms with Crippen LogP contribution in [0, 0.1) is 51.0 Å². The molecule has 0 aliphatic carbocycles. The molecule has 0 spiro atoms. The van der Waals surface area contributed by atoms with Gasteiger partial charge in [0, 0.05) is 28.2 Å². The molecule has 0 aliphatic rings. The van der Waals surface area contributed by atoms with E-state index < -0.39 is 25.8 Å². The lowest BCUT2D eigenvalue weighted by Crippen LogP contribution is -2.44. The van der Waals surface area contributed by atoms with Gasteiger partial charge in [0.2, 0.25) is 8.32 Å². The molecule has 0 saturated heterocycles. The van der Waals surface area contributed by atoms with Gasteiger partial charge in [0.25, 0.3) is 0 Å². The third-order valence-electron chi connectivity index (χ3n) is 13.9. The number of para-hydroxylation sites is 3. The number of halogens is 7. The van der Waals surface area contributed by atoms with E-state index in [1.165, 1.54) is 55.7 Å². The van der Waals surface area contributed by atoms with E-state index in [1.807, 2.05) is 62.4 Å². The van der Waals surface area contributed by atoms with Crippen LogP contribution in [0.1, 0.15) is 49.9 Å². The highest BCUT2D eigenvalue weighted by atomic mass is 79.9. The molecule has 9 aromatic carbocycles. The van der Waals surface area contributed by atoms with E-state index in [4.69, 9.17) is 102 Å². The second-order valence-corrected chi connectivity index (χ2v) is 27.9. The number of methoxy groups -OCH3 is 6. The van der Waals surface area contributed by atoms with Crippen molar-refractivity contribution in [1.82, 2.24) is 0 Å². The van der Waals surface area contributed by atoms with Gasteiger partial charge < -0.3 is 83.5 Å². The summed E-state index contributed by atoms with van der Waals surface area (Å²) in [6.45, 7) is 21.7. The summed E-state index contributed by atoms with van der Waals surface area (Å²) in [5.74, 6) is 2.68. The number of hydrogen-bond acceptors (Lipinski definition) is 16. The van der Waals surface area contributed by atoms with Crippen LogP contribution in [-0.4, -0.2) is 57.6 Å².